The number of hydrogen-bond donors (Lipinski definition) is 4. The molecular formula is C51H80N8O6. The Hall–Kier alpha value is -5.92. The molecule has 0 saturated carbocycles. The van der Waals surface area contributed by atoms with E-state index in [1.165, 1.54) is 54.5 Å². The van der Waals surface area contributed by atoms with Crippen molar-refractivity contribution >= 4 is 45.8 Å². The topological polar surface area (TPSA) is 189 Å². The third kappa shape index (κ3) is 11.7. The van der Waals surface area contributed by atoms with E-state index in [9.17, 15) is 19.2 Å². The summed E-state index contributed by atoms with van der Waals surface area (Å²) in [5, 5.41) is 4.55. The molecule has 1 aliphatic carbocycles. The highest BCUT2D eigenvalue weighted by molar-refractivity contribution is 6.05. The number of H-pyrrole nitrogens is 2. The zero-order chi connectivity index (χ0) is 47.5. The molecule has 4 atom stereocenters. The Morgan fingerprint density at radius 2 is 1.54 bits per heavy atom. The lowest BCUT2D eigenvalue weighted by Crippen LogP contribution is -2.36. The summed E-state index contributed by atoms with van der Waals surface area (Å²) < 4.78 is 8.04. The minimum Gasteiger partial charge on any atom is -0.453 e. The molecule has 0 unspecified atom stereocenters. The van der Waals surface area contributed by atoms with Gasteiger partial charge in [-0.2, -0.15) is 0 Å². The van der Waals surface area contributed by atoms with Gasteiger partial charge in [-0.3, -0.25) is 9.59 Å². The van der Waals surface area contributed by atoms with Crippen LogP contribution in [0.2, 0.25) is 0 Å². The van der Waals surface area contributed by atoms with E-state index in [1.54, 1.807) is 0 Å². The highest BCUT2D eigenvalue weighted by Crippen LogP contribution is 2.42. The number of alkyl carbamates (subject to hydrolysis) is 1. The first kappa shape index (κ1) is 50.1. The summed E-state index contributed by atoms with van der Waals surface area (Å²) in [5.74, 6) is 3.47. The number of primary amides is 1. The molecule has 0 spiro atoms. The van der Waals surface area contributed by atoms with Crippen LogP contribution in [-0.4, -0.2) is 87.6 Å². The molecule has 4 heterocycles. The van der Waals surface area contributed by atoms with Crippen molar-refractivity contribution < 1.29 is 34.4 Å². The average molecular weight is 901 g/mol. The van der Waals surface area contributed by atoms with Gasteiger partial charge in [-0.25, -0.2) is 19.6 Å². The van der Waals surface area contributed by atoms with Crippen molar-refractivity contribution in [2.45, 2.75) is 131 Å². The number of aromatic amines is 2. The van der Waals surface area contributed by atoms with E-state index in [-0.39, 0.29) is 35.6 Å². The van der Waals surface area contributed by atoms with Crippen molar-refractivity contribution in [3.05, 3.63) is 71.4 Å². The Bertz CT molecular complexity index is 2440. The number of nitrogens with zero attached hydrogens (tertiary/aromatic N) is 4. The molecule has 2 saturated heterocycles. The molecule has 4 amide bonds. The molecule has 14 nitrogen and oxygen atoms in total. The van der Waals surface area contributed by atoms with Crippen LogP contribution in [0.4, 0.5) is 9.59 Å². The number of likely N-dealkylation sites (tertiary alicyclic amines) is 2. The highest BCUT2D eigenvalue weighted by Gasteiger charge is 2.38. The van der Waals surface area contributed by atoms with Crippen molar-refractivity contribution in [2.75, 3.05) is 27.8 Å². The van der Waals surface area contributed by atoms with Gasteiger partial charge in [0.05, 0.1) is 49.2 Å². The van der Waals surface area contributed by atoms with Crippen molar-refractivity contribution in [1.82, 2.24) is 35.1 Å². The third-order valence-corrected chi connectivity index (χ3v) is 12.6. The van der Waals surface area contributed by atoms with Crippen molar-refractivity contribution in [1.29, 1.82) is 0 Å². The van der Waals surface area contributed by atoms with E-state index in [1.807, 2.05) is 20.0 Å². The second kappa shape index (κ2) is 22.8. The van der Waals surface area contributed by atoms with E-state index in [2.05, 4.69) is 124 Å². The second-order valence-corrected chi connectivity index (χ2v) is 17.9. The monoisotopic (exact) mass is 901 g/mol. The van der Waals surface area contributed by atoms with Gasteiger partial charge >= 0.3 is 12.2 Å². The predicted molar refractivity (Wildman–Crippen MR) is 267 cm³/mol. The second-order valence-electron chi connectivity index (χ2n) is 17.9. The molecule has 0 radical (unpaired) electrons. The molecule has 5 aromatic rings. The maximum absolute atomic E-state index is 13.2. The lowest BCUT2D eigenvalue weighted by atomic mass is 9.91. The first-order valence-electron chi connectivity index (χ1n) is 23.5. The number of benzene rings is 3. The van der Waals surface area contributed by atoms with Crippen LogP contribution < -0.4 is 11.1 Å². The highest BCUT2D eigenvalue weighted by atomic mass is 16.5. The molecule has 2 fully saturated rings. The first-order valence-corrected chi connectivity index (χ1v) is 23.5. The molecule has 14 heteroatoms. The molecule has 8 rings (SSSR count). The normalized spacial score (nSPS) is 18.7. The van der Waals surface area contributed by atoms with Crippen LogP contribution in [0.25, 0.3) is 44.2 Å². The Morgan fingerprint density at radius 3 is 2.15 bits per heavy atom. The van der Waals surface area contributed by atoms with Gasteiger partial charge in [0.1, 0.15) is 11.6 Å². The van der Waals surface area contributed by atoms with E-state index in [0.29, 0.717) is 30.6 Å². The van der Waals surface area contributed by atoms with Gasteiger partial charge in [0, 0.05) is 49.1 Å². The van der Waals surface area contributed by atoms with E-state index in [0.717, 1.165) is 85.3 Å². The molecule has 3 aromatic carbocycles. The summed E-state index contributed by atoms with van der Waals surface area (Å²) in [5.41, 5.74) is 14.1. The van der Waals surface area contributed by atoms with E-state index in [4.69, 9.17) is 9.97 Å². The molecule has 2 aromatic heterocycles. The van der Waals surface area contributed by atoms with Crippen LogP contribution >= 0.6 is 0 Å². The molecule has 2 aliphatic heterocycles. The predicted octanol–water partition coefficient (Wildman–Crippen LogP) is 11.4. The number of amides is 4. The van der Waals surface area contributed by atoms with Crippen LogP contribution in [0.5, 0.6) is 0 Å². The summed E-state index contributed by atoms with van der Waals surface area (Å²) in [7, 11) is 4.05. The van der Waals surface area contributed by atoms with Crippen LogP contribution in [-0.2, 0) is 31.9 Å². The summed E-state index contributed by atoms with van der Waals surface area (Å²) >= 11 is 0. The van der Waals surface area contributed by atoms with Crippen LogP contribution in [0.15, 0.2) is 48.7 Å². The number of aromatic nitrogens is 4. The number of hydrogen-bond acceptors (Lipinski definition) is 8. The van der Waals surface area contributed by atoms with Gasteiger partial charge in [-0.1, -0.05) is 85.2 Å². The van der Waals surface area contributed by atoms with Gasteiger partial charge in [-0.15, -0.1) is 0 Å². The van der Waals surface area contributed by atoms with Crippen LogP contribution in [0, 0.1) is 17.8 Å². The molecule has 5 N–H and O–H groups in total. The van der Waals surface area contributed by atoms with Crippen LogP contribution in [0.3, 0.4) is 0 Å². The average Bonchev–Trinajstić information content (AvgIpc) is 4.16. The molecule has 65 heavy (non-hydrogen) atoms. The number of imidazole rings is 2. The number of rotatable bonds is 9. The summed E-state index contributed by atoms with van der Waals surface area (Å²) in [6.45, 7) is 17.7. The standard InChI is InChI=1S/C44H54N6O2.C3H7NO2.C2H5NO2.C2H6.4H2/c1-7-28-21-39(49(24-28)40(51)19-25(2)3)43-45-23-37(47-43)35-16-15-31(33-9-8-10-34(33)35)29-12-14-32-30(22-29)13-17-36-42(32)48-44(46-36)38-18-11-27(6)50(38)41(52)20-26(4)5;1-4-3(5)6-2;1-5-2(3)4;1-2;;;;/h12-17,22-23,25-28,38-39H,7-11,18-21,24H2,1-6H3,(H,45,47)(H,46,48);1-2H3,(H,4,5);1H3,(H2,3,4);1-2H3;4*1H/t27-,28-,38-,39-;;;;;;;/m0......./s1. The third-order valence-electron chi connectivity index (χ3n) is 12.6. The molecule has 360 valence electrons. The van der Waals surface area contributed by atoms with Crippen molar-refractivity contribution in [3.63, 3.8) is 0 Å². The maximum atomic E-state index is 13.2. The van der Waals surface area contributed by atoms with Gasteiger partial charge in [0.25, 0.3) is 0 Å². The first-order chi connectivity index (χ1) is 31.2. The number of nitrogens with one attached hydrogen (secondary N) is 3. The fourth-order valence-electron chi connectivity index (χ4n) is 9.47. The number of nitrogens with two attached hydrogens (primary N) is 1. The smallest absolute Gasteiger partial charge is 0.406 e. The molecule has 0 bridgehead atoms. The fraction of sp³-hybridized carbons (Fsp3) is 0.529. The van der Waals surface area contributed by atoms with E-state index < -0.39 is 12.2 Å². The minimum atomic E-state index is -0.745. The van der Waals surface area contributed by atoms with Crippen molar-refractivity contribution in [2.24, 2.45) is 23.5 Å². The quantitative estimate of drug-likeness (QED) is 0.112. The fourth-order valence-corrected chi connectivity index (χ4v) is 9.47. The van der Waals surface area contributed by atoms with Gasteiger partial charge < -0.3 is 40.3 Å². The van der Waals surface area contributed by atoms with Crippen LogP contribution in [0.1, 0.15) is 141 Å². The van der Waals surface area contributed by atoms with Gasteiger partial charge in [0.2, 0.25) is 11.8 Å². The Balaban J connectivity index is 0.00000125. The zero-order valence-electron chi connectivity index (χ0n) is 40.5. The number of carbonyl (C=O) groups excluding carboxylic acids is 4. The Labute approximate surface area is 390 Å². The largest absolute Gasteiger partial charge is 0.453 e. The number of ether oxygens (including phenoxy) is 2. The number of carbonyl (C=O) groups is 4. The number of methoxy groups -OCH3 is 2. The van der Waals surface area contributed by atoms with E-state index >= 15 is 0 Å². The maximum Gasteiger partial charge on any atom is 0.406 e. The van der Waals surface area contributed by atoms with Gasteiger partial charge in [0.15, 0.2) is 0 Å². The summed E-state index contributed by atoms with van der Waals surface area (Å²) in [4.78, 5) is 67.2. The lowest BCUT2D eigenvalue weighted by Gasteiger charge is -2.28. The Morgan fingerprint density at radius 1 is 0.877 bits per heavy atom. The Kier molecular flexibility index (Phi) is 17.6. The zero-order valence-corrected chi connectivity index (χ0v) is 40.5. The molecule has 3 aliphatic rings. The van der Waals surface area contributed by atoms with Gasteiger partial charge in [-0.05, 0) is 103 Å². The lowest BCUT2D eigenvalue weighted by molar-refractivity contribution is -0.135. The molecular weight excluding hydrogens is 821 g/mol. The summed E-state index contributed by atoms with van der Waals surface area (Å²) in [6.07, 6.45) is 9.20. The SMILES string of the molecule is CC.CC[C@H]1C[C@@H](c2ncc(-c3ccc(-c4ccc5c(ccc6[nH]c([C@@H]7CC[C@H](C)N7C(=O)CC(C)C)nc65)c4)c4c3CCC4)[nH]2)N(C(=O)CC(C)C)C1.CNC(=O)OC.COC(N)=O.[HH].[HH].[HH].[HH]. The van der Waals surface area contributed by atoms with Crippen molar-refractivity contribution in [3.8, 4) is 22.4 Å². The summed E-state index contributed by atoms with van der Waals surface area (Å²) in [6, 6.07) is 15.9. The minimum absolute atomic E-state index is 0. The number of fused-ring (bicyclic) bond motifs is 4.